The van der Waals surface area contributed by atoms with E-state index in [9.17, 15) is 9.59 Å². The van der Waals surface area contributed by atoms with Gasteiger partial charge in [-0.1, -0.05) is 18.3 Å². The highest BCUT2D eigenvalue weighted by Gasteiger charge is 2.46. The minimum Gasteiger partial charge on any atom is -0.323 e. The van der Waals surface area contributed by atoms with Gasteiger partial charge < -0.3 is 5.32 Å². The Morgan fingerprint density at radius 3 is 2.65 bits per heavy atom. The molecule has 0 radical (unpaired) electrons. The van der Waals surface area contributed by atoms with Gasteiger partial charge in [-0.25, -0.2) is 4.79 Å². The first-order chi connectivity index (χ1) is 7.96. The van der Waals surface area contributed by atoms with Gasteiger partial charge in [0, 0.05) is 0 Å². The third-order valence-electron chi connectivity index (χ3n) is 2.79. The summed E-state index contributed by atoms with van der Waals surface area (Å²) in [7, 11) is 0. The van der Waals surface area contributed by atoms with Crippen LogP contribution in [0, 0.1) is 0 Å². The van der Waals surface area contributed by atoms with E-state index in [2.05, 4.69) is 15.5 Å². The molecule has 2 rings (SSSR count). The molecule has 3 amide bonds. The molecule has 1 aliphatic heterocycles. The summed E-state index contributed by atoms with van der Waals surface area (Å²) in [6, 6.07) is -0.398. The second-order valence-electron chi connectivity index (χ2n) is 3.96. The molecule has 1 aromatic heterocycles. The average Bonchev–Trinajstić information content (AvgIpc) is 2.78. The number of hydrogen-bond donors (Lipinski definition) is 1. The van der Waals surface area contributed by atoms with Crippen LogP contribution in [-0.2, 0) is 11.3 Å². The molecule has 17 heavy (non-hydrogen) atoms. The third-order valence-corrected chi connectivity index (χ3v) is 3.79. The maximum absolute atomic E-state index is 12.0. The molecule has 1 atom stereocenters. The predicted molar refractivity (Wildman–Crippen MR) is 62.7 cm³/mol. The number of carbonyl (C=O) groups excluding carboxylic acids is 2. The number of hydrogen-bond acceptors (Lipinski definition) is 5. The van der Waals surface area contributed by atoms with E-state index in [0.29, 0.717) is 15.9 Å². The molecule has 2 heterocycles. The molecule has 1 fully saturated rings. The van der Waals surface area contributed by atoms with Gasteiger partial charge in [-0.2, -0.15) is 0 Å². The number of nitrogens with zero attached hydrogens (tertiary/aromatic N) is 3. The minimum atomic E-state index is -0.814. The Bertz CT molecular complexity index is 477. The number of urea groups is 1. The van der Waals surface area contributed by atoms with Gasteiger partial charge in [-0.15, -0.1) is 10.2 Å². The van der Waals surface area contributed by atoms with E-state index < -0.39 is 11.6 Å². The van der Waals surface area contributed by atoms with Crippen molar-refractivity contribution < 1.29 is 9.59 Å². The van der Waals surface area contributed by atoms with Crippen LogP contribution in [0.5, 0.6) is 0 Å². The molecular weight excluding hydrogens is 264 g/mol. The lowest BCUT2D eigenvalue weighted by Crippen LogP contribution is -2.43. The Labute approximate surface area is 107 Å². The second-order valence-corrected chi connectivity index (χ2v) is 5.60. The summed E-state index contributed by atoms with van der Waals surface area (Å²) < 4.78 is 0.297. The summed E-state index contributed by atoms with van der Waals surface area (Å²) in [6.07, 6.45) is 0.547. The first-order valence-electron chi connectivity index (χ1n) is 5.08. The highest BCUT2D eigenvalue weighted by molar-refractivity contribution is 7.15. The Morgan fingerprint density at radius 1 is 1.47 bits per heavy atom. The van der Waals surface area contributed by atoms with Crippen molar-refractivity contribution in [2.24, 2.45) is 0 Å². The molecule has 1 unspecified atom stereocenters. The molecule has 0 bridgehead atoms. The van der Waals surface area contributed by atoms with Gasteiger partial charge in [-0.05, 0) is 24.9 Å². The highest BCUT2D eigenvalue weighted by atomic mass is 35.5. The van der Waals surface area contributed by atoms with Crippen LogP contribution in [0.15, 0.2) is 0 Å². The third kappa shape index (κ3) is 2.12. The number of amides is 3. The zero-order valence-electron chi connectivity index (χ0n) is 9.36. The highest BCUT2D eigenvalue weighted by Crippen LogP contribution is 2.24. The van der Waals surface area contributed by atoms with Gasteiger partial charge in [0.1, 0.15) is 10.5 Å². The van der Waals surface area contributed by atoms with Gasteiger partial charge in [0.25, 0.3) is 5.91 Å². The zero-order valence-corrected chi connectivity index (χ0v) is 10.9. The van der Waals surface area contributed by atoms with Crippen LogP contribution in [0.4, 0.5) is 4.79 Å². The molecule has 1 saturated heterocycles. The Morgan fingerprint density at radius 2 is 2.18 bits per heavy atom. The van der Waals surface area contributed by atoms with Gasteiger partial charge in [0.05, 0.1) is 6.54 Å². The molecule has 0 saturated carbocycles. The van der Waals surface area contributed by atoms with Crippen molar-refractivity contribution in [2.75, 3.05) is 0 Å². The van der Waals surface area contributed by atoms with Crippen LogP contribution >= 0.6 is 22.9 Å². The van der Waals surface area contributed by atoms with Crippen LogP contribution in [0.3, 0.4) is 0 Å². The number of carbonyl (C=O) groups is 2. The summed E-state index contributed by atoms with van der Waals surface area (Å²) >= 11 is 6.80. The van der Waals surface area contributed by atoms with Crippen LogP contribution in [0.25, 0.3) is 0 Å². The SMILES string of the molecule is CCC1(C)NC(=O)N(Cc2nnc(Cl)s2)C1=O. The number of halogens is 1. The summed E-state index contributed by atoms with van der Waals surface area (Å²) in [5.74, 6) is -0.240. The molecule has 0 aromatic carbocycles. The number of imide groups is 1. The van der Waals surface area contributed by atoms with E-state index in [0.717, 1.165) is 16.2 Å². The predicted octanol–water partition coefficient (Wildman–Crippen LogP) is 1.41. The maximum Gasteiger partial charge on any atom is 0.325 e. The quantitative estimate of drug-likeness (QED) is 0.846. The van der Waals surface area contributed by atoms with E-state index >= 15 is 0 Å². The van der Waals surface area contributed by atoms with Gasteiger partial charge >= 0.3 is 6.03 Å². The van der Waals surface area contributed by atoms with E-state index in [1.165, 1.54) is 0 Å². The first kappa shape index (κ1) is 12.3. The second kappa shape index (κ2) is 4.23. The van der Waals surface area contributed by atoms with Gasteiger partial charge in [0.2, 0.25) is 4.47 Å². The van der Waals surface area contributed by atoms with Crippen LogP contribution in [0.2, 0.25) is 4.47 Å². The van der Waals surface area contributed by atoms with Crippen molar-refractivity contribution >= 4 is 34.9 Å². The van der Waals surface area contributed by atoms with Crippen molar-refractivity contribution in [3.63, 3.8) is 0 Å². The average molecular weight is 275 g/mol. The van der Waals surface area contributed by atoms with Crippen LogP contribution in [-0.4, -0.2) is 32.6 Å². The van der Waals surface area contributed by atoms with E-state index in [1.54, 1.807) is 6.92 Å². The Hall–Kier alpha value is -1.21. The van der Waals surface area contributed by atoms with E-state index in [1.807, 2.05) is 6.92 Å². The van der Waals surface area contributed by atoms with Crippen LogP contribution in [0.1, 0.15) is 25.3 Å². The van der Waals surface area contributed by atoms with Crippen LogP contribution < -0.4 is 5.32 Å². The molecule has 92 valence electrons. The zero-order chi connectivity index (χ0) is 12.6. The number of nitrogens with one attached hydrogen (secondary N) is 1. The number of rotatable bonds is 3. The molecule has 1 aliphatic rings. The number of aromatic nitrogens is 2. The van der Waals surface area contributed by atoms with E-state index in [4.69, 9.17) is 11.6 Å². The topological polar surface area (TPSA) is 75.2 Å². The fourth-order valence-corrected chi connectivity index (χ4v) is 2.42. The lowest BCUT2D eigenvalue weighted by molar-refractivity contribution is -0.131. The molecular formula is C9H11ClN4O2S. The lowest BCUT2D eigenvalue weighted by Gasteiger charge is -2.18. The van der Waals surface area contributed by atoms with Crippen molar-refractivity contribution in [2.45, 2.75) is 32.4 Å². The summed E-state index contributed by atoms with van der Waals surface area (Å²) in [6.45, 7) is 3.68. The summed E-state index contributed by atoms with van der Waals surface area (Å²) in [5, 5.41) is 10.6. The smallest absolute Gasteiger partial charge is 0.323 e. The normalized spacial score (nSPS) is 24.3. The fourth-order valence-electron chi connectivity index (χ4n) is 1.56. The molecule has 1 aromatic rings. The summed E-state index contributed by atoms with van der Waals surface area (Å²) in [4.78, 5) is 24.9. The molecule has 0 aliphatic carbocycles. The molecule has 8 heteroatoms. The Balaban J connectivity index is 2.17. The van der Waals surface area contributed by atoms with Gasteiger partial charge in [-0.3, -0.25) is 9.69 Å². The lowest BCUT2D eigenvalue weighted by atomic mass is 9.99. The van der Waals surface area contributed by atoms with Crippen molar-refractivity contribution in [3.05, 3.63) is 9.47 Å². The van der Waals surface area contributed by atoms with Crippen molar-refractivity contribution in [3.8, 4) is 0 Å². The van der Waals surface area contributed by atoms with E-state index in [-0.39, 0.29) is 12.5 Å². The molecule has 1 N–H and O–H groups in total. The molecule has 0 spiro atoms. The fraction of sp³-hybridized carbons (Fsp3) is 0.556. The largest absolute Gasteiger partial charge is 0.325 e. The van der Waals surface area contributed by atoms with Crippen molar-refractivity contribution in [1.29, 1.82) is 0 Å². The standard InChI is InChI=1S/C9H11ClN4O2S/c1-3-9(2)6(15)14(8(16)11-9)4-5-12-13-7(10)17-5/h3-4H2,1-2H3,(H,11,16). The summed E-state index contributed by atoms with van der Waals surface area (Å²) in [5.41, 5.74) is -0.814. The van der Waals surface area contributed by atoms with Crippen molar-refractivity contribution in [1.82, 2.24) is 20.4 Å². The minimum absolute atomic E-state index is 0.116. The monoisotopic (exact) mass is 274 g/mol. The Kier molecular flexibility index (Phi) is 3.05. The first-order valence-corrected chi connectivity index (χ1v) is 6.27. The molecule has 6 nitrogen and oxygen atoms in total. The van der Waals surface area contributed by atoms with Gasteiger partial charge in [0.15, 0.2) is 0 Å². The maximum atomic E-state index is 12.0.